The van der Waals surface area contributed by atoms with Crippen molar-refractivity contribution in [2.24, 2.45) is 0 Å². The first-order valence-corrected chi connectivity index (χ1v) is 10.9. The predicted molar refractivity (Wildman–Crippen MR) is 117 cm³/mol. The lowest BCUT2D eigenvalue weighted by atomic mass is 9.79. The van der Waals surface area contributed by atoms with Gasteiger partial charge in [-0.1, -0.05) is 56.7 Å². The SMILES string of the molecule is CCCO[C@H]1CC[C@H](c2ccc(-c3ccc(CCC)cc3)c(C#N)c2C#N)CC1. The summed E-state index contributed by atoms with van der Waals surface area (Å²) in [7, 11) is 0. The van der Waals surface area contributed by atoms with E-state index in [4.69, 9.17) is 4.74 Å². The molecule has 2 aromatic rings. The lowest BCUT2D eigenvalue weighted by Gasteiger charge is -2.29. The van der Waals surface area contributed by atoms with E-state index in [1.165, 1.54) is 5.56 Å². The monoisotopic (exact) mass is 386 g/mol. The van der Waals surface area contributed by atoms with Crippen molar-refractivity contribution in [1.82, 2.24) is 0 Å². The number of hydrogen-bond donors (Lipinski definition) is 0. The Morgan fingerprint density at radius 1 is 0.862 bits per heavy atom. The zero-order valence-corrected chi connectivity index (χ0v) is 17.6. The van der Waals surface area contributed by atoms with Crippen LogP contribution in [0.3, 0.4) is 0 Å². The fraction of sp³-hybridized carbons (Fsp3) is 0.462. The Kier molecular flexibility index (Phi) is 7.45. The smallest absolute Gasteiger partial charge is 0.101 e. The second kappa shape index (κ2) is 10.2. The van der Waals surface area contributed by atoms with Crippen molar-refractivity contribution in [1.29, 1.82) is 10.5 Å². The highest BCUT2D eigenvalue weighted by atomic mass is 16.5. The van der Waals surface area contributed by atoms with E-state index in [0.29, 0.717) is 23.1 Å². The first-order valence-electron chi connectivity index (χ1n) is 10.9. The van der Waals surface area contributed by atoms with Gasteiger partial charge in [0.2, 0.25) is 0 Å². The third-order valence-electron chi connectivity index (χ3n) is 5.94. The molecule has 0 N–H and O–H groups in total. The van der Waals surface area contributed by atoms with E-state index in [0.717, 1.165) is 68.2 Å². The van der Waals surface area contributed by atoms with E-state index in [-0.39, 0.29) is 0 Å². The van der Waals surface area contributed by atoms with Gasteiger partial charge in [0.15, 0.2) is 0 Å². The van der Waals surface area contributed by atoms with Gasteiger partial charge >= 0.3 is 0 Å². The molecule has 0 amide bonds. The summed E-state index contributed by atoms with van der Waals surface area (Å²) in [6.45, 7) is 5.12. The Bertz CT molecular complexity index is 894. The Hall–Kier alpha value is -2.62. The number of aryl methyl sites for hydroxylation is 1. The van der Waals surface area contributed by atoms with E-state index in [1.54, 1.807) is 0 Å². The highest BCUT2D eigenvalue weighted by molar-refractivity contribution is 5.75. The molecule has 0 bridgehead atoms. The summed E-state index contributed by atoms with van der Waals surface area (Å²) in [5.74, 6) is 0.333. The quantitative estimate of drug-likeness (QED) is 0.545. The zero-order chi connectivity index (χ0) is 20.6. The maximum atomic E-state index is 9.89. The lowest BCUT2D eigenvalue weighted by molar-refractivity contribution is 0.0251. The van der Waals surface area contributed by atoms with Gasteiger partial charge in [0, 0.05) is 12.2 Å². The molecular weight excluding hydrogens is 356 g/mol. The Balaban J connectivity index is 1.86. The number of hydrogen-bond acceptors (Lipinski definition) is 3. The lowest BCUT2D eigenvalue weighted by Crippen LogP contribution is -2.21. The molecule has 1 aliphatic carbocycles. The van der Waals surface area contributed by atoms with Crippen molar-refractivity contribution in [3.8, 4) is 23.3 Å². The molecule has 0 saturated heterocycles. The van der Waals surface area contributed by atoms with Crippen molar-refractivity contribution >= 4 is 0 Å². The second-order valence-electron chi connectivity index (χ2n) is 7.97. The molecular formula is C26H30N2O. The van der Waals surface area contributed by atoms with Gasteiger partial charge in [0.1, 0.15) is 12.1 Å². The van der Waals surface area contributed by atoms with Gasteiger partial charge in [-0.15, -0.1) is 0 Å². The largest absolute Gasteiger partial charge is 0.378 e. The summed E-state index contributed by atoms with van der Waals surface area (Å²) in [4.78, 5) is 0. The van der Waals surface area contributed by atoms with Gasteiger partial charge < -0.3 is 4.74 Å². The maximum absolute atomic E-state index is 9.89. The fourth-order valence-electron chi connectivity index (χ4n) is 4.40. The molecule has 0 aliphatic heterocycles. The second-order valence-corrected chi connectivity index (χ2v) is 7.97. The number of rotatable bonds is 7. The summed E-state index contributed by atoms with van der Waals surface area (Å²) >= 11 is 0. The highest BCUT2D eigenvalue weighted by Crippen LogP contribution is 2.38. The van der Waals surface area contributed by atoms with E-state index in [9.17, 15) is 10.5 Å². The van der Waals surface area contributed by atoms with Crippen LogP contribution in [0.15, 0.2) is 36.4 Å². The van der Waals surface area contributed by atoms with Crippen LogP contribution >= 0.6 is 0 Å². The minimum atomic E-state index is 0.333. The molecule has 0 unspecified atom stereocenters. The zero-order valence-electron chi connectivity index (χ0n) is 17.6. The van der Waals surface area contributed by atoms with Crippen LogP contribution < -0.4 is 0 Å². The summed E-state index contributed by atoms with van der Waals surface area (Å²) in [6.07, 6.45) is 7.63. The molecule has 1 saturated carbocycles. The van der Waals surface area contributed by atoms with Crippen LogP contribution in [0.2, 0.25) is 0 Å². The summed E-state index contributed by atoms with van der Waals surface area (Å²) < 4.78 is 5.90. The van der Waals surface area contributed by atoms with Gasteiger partial charge in [-0.2, -0.15) is 10.5 Å². The fourth-order valence-corrected chi connectivity index (χ4v) is 4.40. The third kappa shape index (κ3) is 4.87. The van der Waals surface area contributed by atoms with Crippen molar-refractivity contribution < 1.29 is 4.74 Å². The molecule has 2 aromatic carbocycles. The van der Waals surface area contributed by atoms with Crippen LogP contribution in [0.5, 0.6) is 0 Å². The average molecular weight is 387 g/mol. The van der Waals surface area contributed by atoms with E-state index in [1.807, 2.05) is 6.07 Å². The molecule has 0 atom stereocenters. The van der Waals surface area contributed by atoms with E-state index < -0.39 is 0 Å². The minimum Gasteiger partial charge on any atom is -0.378 e. The molecule has 0 radical (unpaired) electrons. The molecule has 0 heterocycles. The van der Waals surface area contributed by atoms with Crippen LogP contribution in [0.4, 0.5) is 0 Å². The number of benzene rings is 2. The first-order chi connectivity index (χ1) is 14.2. The highest BCUT2D eigenvalue weighted by Gasteiger charge is 2.26. The van der Waals surface area contributed by atoms with E-state index >= 15 is 0 Å². The Morgan fingerprint density at radius 3 is 2.14 bits per heavy atom. The first kappa shape index (κ1) is 21.1. The van der Waals surface area contributed by atoms with Crippen LogP contribution in [-0.4, -0.2) is 12.7 Å². The predicted octanol–water partition coefficient (Wildman–Crippen LogP) is 6.50. The molecule has 1 aliphatic rings. The topological polar surface area (TPSA) is 56.8 Å². The van der Waals surface area contributed by atoms with Crippen LogP contribution in [0, 0.1) is 22.7 Å². The van der Waals surface area contributed by atoms with Crippen LogP contribution in [0.25, 0.3) is 11.1 Å². The molecule has 3 rings (SSSR count). The van der Waals surface area contributed by atoms with Crippen LogP contribution in [0.1, 0.15) is 80.5 Å². The normalized spacial score (nSPS) is 18.8. The molecule has 1 fully saturated rings. The minimum absolute atomic E-state index is 0.333. The summed E-state index contributed by atoms with van der Waals surface area (Å²) in [6, 6.07) is 17.2. The van der Waals surface area contributed by atoms with Gasteiger partial charge in [-0.25, -0.2) is 0 Å². The standard InChI is InChI=1S/C26H30N2O/c1-3-5-19-6-8-20(9-7-19)23-14-15-24(26(18-28)25(23)17-27)21-10-12-22(13-11-21)29-16-4-2/h6-9,14-15,21-22H,3-5,10-13,16H2,1-2H3/t21-,22-. The Labute approximate surface area is 174 Å². The molecule has 29 heavy (non-hydrogen) atoms. The van der Waals surface area contributed by atoms with Gasteiger partial charge in [0.05, 0.1) is 17.2 Å². The number of nitriles is 2. The molecule has 3 heteroatoms. The number of ether oxygens (including phenoxy) is 1. The summed E-state index contributed by atoms with van der Waals surface area (Å²) in [5.41, 5.74) is 5.26. The molecule has 0 spiro atoms. The average Bonchev–Trinajstić information content (AvgIpc) is 2.77. The van der Waals surface area contributed by atoms with Gasteiger partial charge in [-0.05, 0) is 61.1 Å². The Morgan fingerprint density at radius 2 is 1.55 bits per heavy atom. The molecule has 3 nitrogen and oxygen atoms in total. The van der Waals surface area contributed by atoms with Crippen molar-refractivity contribution in [2.45, 2.75) is 70.8 Å². The van der Waals surface area contributed by atoms with Gasteiger partial charge in [0.25, 0.3) is 0 Å². The van der Waals surface area contributed by atoms with Crippen molar-refractivity contribution in [3.63, 3.8) is 0 Å². The van der Waals surface area contributed by atoms with Gasteiger partial charge in [-0.3, -0.25) is 0 Å². The van der Waals surface area contributed by atoms with Crippen molar-refractivity contribution in [3.05, 3.63) is 58.7 Å². The summed E-state index contributed by atoms with van der Waals surface area (Å²) in [5, 5.41) is 19.8. The van der Waals surface area contributed by atoms with Crippen LogP contribution in [-0.2, 0) is 11.2 Å². The van der Waals surface area contributed by atoms with E-state index in [2.05, 4.69) is 56.3 Å². The molecule has 0 aromatic heterocycles. The van der Waals surface area contributed by atoms with Crippen molar-refractivity contribution in [2.75, 3.05) is 6.61 Å². The third-order valence-corrected chi connectivity index (χ3v) is 5.94. The maximum Gasteiger partial charge on any atom is 0.101 e. The number of nitrogens with zero attached hydrogens (tertiary/aromatic N) is 2. The molecule has 150 valence electrons.